The lowest BCUT2D eigenvalue weighted by atomic mass is 10.2. The average molecular weight is 187 g/mol. The van der Waals surface area contributed by atoms with Crippen molar-refractivity contribution in [3.63, 3.8) is 0 Å². The Morgan fingerprint density at radius 1 is 1.58 bits per heavy atom. The molecular formula is C7H5ClNO3-. The van der Waals surface area contributed by atoms with Crippen molar-refractivity contribution in [3.8, 4) is 0 Å². The number of hydrogen-bond donors (Lipinski definition) is 1. The Hall–Kier alpha value is -1.10. The normalized spacial score (nSPS) is 9.58. The molecule has 1 N–H and O–H groups in total. The predicted octanol–water partition coefficient (Wildman–Crippen LogP) is 1.76. The van der Waals surface area contributed by atoms with Gasteiger partial charge in [0.1, 0.15) is 0 Å². The molecule has 0 saturated carbocycles. The minimum Gasteiger partial charge on any atom is -0.733 e. The Morgan fingerprint density at radius 2 is 2.25 bits per heavy atom. The van der Waals surface area contributed by atoms with Gasteiger partial charge in [0.2, 0.25) is 0 Å². The molecule has 0 bridgehead atoms. The zero-order valence-electron chi connectivity index (χ0n) is 5.90. The van der Waals surface area contributed by atoms with Crippen LogP contribution in [0.25, 0.3) is 0 Å². The monoisotopic (exact) mass is 186 g/mol. The van der Waals surface area contributed by atoms with E-state index in [2.05, 4.69) is 0 Å². The standard InChI is InChI=1S/C7H5ClNO3/c8-7(10)5-2-1-3-6(4-5)9(11)12/h1-4,11H/q-1. The van der Waals surface area contributed by atoms with Crippen molar-refractivity contribution < 1.29 is 10.0 Å². The van der Waals surface area contributed by atoms with E-state index in [0.29, 0.717) is 0 Å². The molecule has 12 heavy (non-hydrogen) atoms. The van der Waals surface area contributed by atoms with Crippen LogP contribution in [0.1, 0.15) is 10.4 Å². The van der Waals surface area contributed by atoms with Crippen LogP contribution >= 0.6 is 11.6 Å². The third kappa shape index (κ3) is 1.94. The second-order valence-corrected chi connectivity index (χ2v) is 2.44. The van der Waals surface area contributed by atoms with Gasteiger partial charge in [-0.25, -0.2) is 0 Å². The van der Waals surface area contributed by atoms with Crippen LogP contribution in [0.4, 0.5) is 5.69 Å². The number of nitrogens with zero attached hydrogens (tertiary/aromatic N) is 1. The lowest BCUT2D eigenvalue weighted by Gasteiger charge is -2.21. The molecule has 0 radical (unpaired) electrons. The molecule has 0 aliphatic rings. The Balaban J connectivity index is 3.04. The molecule has 0 unspecified atom stereocenters. The lowest BCUT2D eigenvalue weighted by molar-refractivity contribution is 0.108. The van der Waals surface area contributed by atoms with Crippen molar-refractivity contribution in [2.24, 2.45) is 0 Å². The molecule has 64 valence electrons. The minimum absolute atomic E-state index is 0.0264. The molecule has 0 aliphatic heterocycles. The van der Waals surface area contributed by atoms with Gasteiger partial charge < -0.3 is 10.4 Å². The maximum atomic E-state index is 10.6. The number of carbonyl (C=O) groups excluding carboxylic acids is 1. The Labute approximate surface area is 73.5 Å². The van der Waals surface area contributed by atoms with Crippen LogP contribution in [0.15, 0.2) is 24.3 Å². The molecule has 0 saturated heterocycles. The lowest BCUT2D eigenvalue weighted by Crippen LogP contribution is -2.07. The van der Waals surface area contributed by atoms with Gasteiger partial charge in [-0.2, -0.15) is 0 Å². The molecule has 0 heterocycles. The largest absolute Gasteiger partial charge is 0.733 e. The minimum atomic E-state index is -0.668. The highest BCUT2D eigenvalue weighted by atomic mass is 35.5. The summed E-state index contributed by atoms with van der Waals surface area (Å²) in [5.74, 6) is 0. The second-order valence-electron chi connectivity index (χ2n) is 2.10. The summed E-state index contributed by atoms with van der Waals surface area (Å²) in [6.07, 6.45) is 0. The Kier molecular flexibility index (Phi) is 2.65. The number of anilines is 1. The predicted molar refractivity (Wildman–Crippen MR) is 44.3 cm³/mol. The van der Waals surface area contributed by atoms with E-state index in [4.69, 9.17) is 16.8 Å². The van der Waals surface area contributed by atoms with E-state index in [0.717, 1.165) is 0 Å². The quantitative estimate of drug-likeness (QED) is 0.565. The van der Waals surface area contributed by atoms with Crippen molar-refractivity contribution in [2.45, 2.75) is 0 Å². The summed E-state index contributed by atoms with van der Waals surface area (Å²) < 4.78 is 0. The van der Waals surface area contributed by atoms with Crippen molar-refractivity contribution in [1.29, 1.82) is 0 Å². The van der Waals surface area contributed by atoms with Crippen LogP contribution in [0, 0.1) is 5.21 Å². The van der Waals surface area contributed by atoms with Gasteiger partial charge in [0.25, 0.3) is 5.24 Å². The van der Waals surface area contributed by atoms with Crippen LogP contribution in [0.3, 0.4) is 0 Å². The molecule has 0 spiro atoms. The molecule has 0 atom stereocenters. The molecule has 0 aromatic heterocycles. The topological polar surface area (TPSA) is 63.6 Å². The van der Waals surface area contributed by atoms with E-state index < -0.39 is 5.24 Å². The number of benzene rings is 1. The molecule has 1 aromatic carbocycles. The Morgan fingerprint density at radius 3 is 2.75 bits per heavy atom. The molecule has 1 aromatic rings. The molecule has 1 rings (SSSR count). The maximum Gasteiger partial charge on any atom is 0.252 e. The average Bonchev–Trinajstić information content (AvgIpc) is 2.04. The van der Waals surface area contributed by atoms with Gasteiger partial charge in [0.05, 0.1) is 5.69 Å². The van der Waals surface area contributed by atoms with Gasteiger partial charge in [-0.3, -0.25) is 10.0 Å². The van der Waals surface area contributed by atoms with E-state index in [1.165, 1.54) is 24.3 Å². The van der Waals surface area contributed by atoms with Gasteiger partial charge in [0.15, 0.2) is 0 Å². The van der Waals surface area contributed by atoms with Crippen LogP contribution in [-0.2, 0) is 0 Å². The van der Waals surface area contributed by atoms with Crippen molar-refractivity contribution in [3.05, 3.63) is 35.0 Å². The third-order valence-corrected chi connectivity index (χ3v) is 1.51. The summed E-state index contributed by atoms with van der Waals surface area (Å²) in [7, 11) is 0. The first kappa shape index (κ1) is 8.99. The highest BCUT2D eigenvalue weighted by Gasteiger charge is 2.01. The molecule has 0 fully saturated rings. The maximum absolute atomic E-state index is 10.6. The van der Waals surface area contributed by atoms with Gasteiger partial charge in [0, 0.05) is 5.56 Å². The first-order chi connectivity index (χ1) is 5.61. The molecule has 0 amide bonds. The highest BCUT2D eigenvalue weighted by Crippen LogP contribution is 2.14. The van der Waals surface area contributed by atoms with E-state index in [1.54, 1.807) is 0 Å². The second kappa shape index (κ2) is 3.53. The van der Waals surface area contributed by atoms with Crippen molar-refractivity contribution >= 4 is 22.5 Å². The van der Waals surface area contributed by atoms with Crippen LogP contribution < -0.4 is 5.23 Å². The molecule has 5 heteroatoms. The first-order valence-electron chi connectivity index (χ1n) is 3.07. The molecule has 0 aliphatic carbocycles. The molecule has 4 nitrogen and oxygen atoms in total. The van der Waals surface area contributed by atoms with Crippen LogP contribution in [0.5, 0.6) is 0 Å². The summed E-state index contributed by atoms with van der Waals surface area (Å²) in [5, 5.41) is 17.8. The summed E-state index contributed by atoms with van der Waals surface area (Å²) in [5.41, 5.74) is 0.144. The fourth-order valence-electron chi connectivity index (χ4n) is 0.747. The Bertz CT molecular complexity index is 300. The zero-order valence-corrected chi connectivity index (χ0v) is 6.65. The zero-order chi connectivity index (χ0) is 9.14. The number of rotatable bonds is 2. The summed E-state index contributed by atoms with van der Waals surface area (Å²) in [4.78, 5) is 10.6. The summed E-state index contributed by atoms with van der Waals surface area (Å²) >= 11 is 5.14. The smallest absolute Gasteiger partial charge is 0.252 e. The van der Waals surface area contributed by atoms with Gasteiger partial charge in [-0.15, -0.1) is 0 Å². The van der Waals surface area contributed by atoms with E-state index in [9.17, 15) is 10.0 Å². The number of carbonyl (C=O) groups is 1. The van der Waals surface area contributed by atoms with Gasteiger partial charge >= 0.3 is 0 Å². The third-order valence-electron chi connectivity index (χ3n) is 1.29. The van der Waals surface area contributed by atoms with E-state index >= 15 is 0 Å². The number of halogens is 1. The summed E-state index contributed by atoms with van der Waals surface area (Å²) in [6, 6.07) is 5.45. The number of hydrogen-bond acceptors (Lipinski definition) is 4. The first-order valence-corrected chi connectivity index (χ1v) is 3.45. The van der Waals surface area contributed by atoms with Crippen molar-refractivity contribution in [1.82, 2.24) is 0 Å². The van der Waals surface area contributed by atoms with Crippen LogP contribution in [0.2, 0.25) is 0 Å². The van der Waals surface area contributed by atoms with E-state index in [1.807, 2.05) is 0 Å². The fourth-order valence-corrected chi connectivity index (χ4v) is 0.865. The fraction of sp³-hybridized carbons (Fsp3) is 0. The SMILES string of the molecule is O=C(Cl)c1cccc(N([O-])O)c1. The van der Waals surface area contributed by atoms with E-state index in [-0.39, 0.29) is 16.5 Å². The highest BCUT2D eigenvalue weighted by molar-refractivity contribution is 6.67. The van der Waals surface area contributed by atoms with Crippen LogP contribution in [-0.4, -0.2) is 10.4 Å². The molecular weight excluding hydrogens is 182 g/mol. The van der Waals surface area contributed by atoms with Crippen molar-refractivity contribution in [2.75, 3.05) is 5.23 Å². The van der Waals surface area contributed by atoms with Gasteiger partial charge in [-0.05, 0) is 29.8 Å². The summed E-state index contributed by atoms with van der Waals surface area (Å²) in [6.45, 7) is 0. The van der Waals surface area contributed by atoms with Gasteiger partial charge in [-0.1, -0.05) is 6.07 Å².